The minimum Gasteiger partial charge on any atom is -0.352 e. The average molecular weight is 428 g/mol. The second-order valence-corrected chi connectivity index (χ2v) is 9.07. The summed E-state index contributed by atoms with van der Waals surface area (Å²) in [5.74, 6) is -1.09. The van der Waals surface area contributed by atoms with Crippen LogP contribution in [-0.4, -0.2) is 25.0 Å². The minimum absolute atomic E-state index is 0.0433. The zero-order chi connectivity index (χ0) is 21.7. The lowest BCUT2D eigenvalue weighted by Gasteiger charge is -2.30. The minimum atomic E-state index is -0.435. The number of benzene rings is 2. The highest BCUT2D eigenvalue weighted by molar-refractivity contribution is 6.30. The van der Waals surface area contributed by atoms with Gasteiger partial charge >= 0.3 is 0 Å². The lowest BCUT2D eigenvalue weighted by atomic mass is 9.77. The van der Waals surface area contributed by atoms with Crippen LogP contribution >= 0.6 is 11.6 Å². The zero-order valence-corrected chi connectivity index (χ0v) is 18.0. The molecular formula is C24H27ClFN3O. The number of amides is 1. The lowest BCUT2D eigenvalue weighted by Crippen LogP contribution is -2.35. The van der Waals surface area contributed by atoms with Crippen LogP contribution in [0.4, 0.5) is 4.39 Å². The van der Waals surface area contributed by atoms with Crippen LogP contribution in [0.2, 0.25) is 5.02 Å². The Morgan fingerprint density at radius 1 is 1.27 bits per heavy atom. The maximum atomic E-state index is 14.5. The monoisotopic (exact) mass is 427 g/mol. The first-order valence-electron chi connectivity index (χ1n) is 10.2. The fraction of sp³-hybridized carbons (Fsp3) is 0.417. The molecule has 1 amide bonds. The number of nitriles is 1. The van der Waals surface area contributed by atoms with Crippen LogP contribution in [-0.2, 0) is 0 Å². The van der Waals surface area contributed by atoms with Crippen molar-refractivity contribution in [1.29, 1.82) is 5.26 Å². The first-order valence-corrected chi connectivity index (χ1v) is 10.6. The number of carbonyl (C=O) groups excluding carboxylic acids is 1. The molecule has 3 atom stereocenters. The Kier molecular flexibility index (Phi) is 7.12. The smallest absolute Gasteiger partial charge is 0.251 e. The molecule has 1 aliphatic rings. The second kappa shape index (κ2) is 9.59. The van der Waals surface area contributed by atoms with Crippen molar-refractivity contribution in [2.24, 2.45) is 11.3 Å². The molecule has 0 radical (unpaired) electrons. The highest BCUT2D eigenvalue weighted by Crippen LogP contribution is 2.39. The maximum Gasteiger partial charge on any atom is 0.251 e. The van der Waals surface area contributed by atoms with E-state index in [0.29, 0.717) is 24.2 Å². The summed E-state index contributed by atoms with van der Waals surface area (Å²) < 4.78 is 14.5. The molecule has 2 aromatic carbocycles. The van der Waals surface area contributed by atoms with Gasteiger partial charge in [-0.2, -0.15) is 5.26 Å². The second-order valence-electron chi connectivity index (χ2n) is 8.66. The summed E-state index contributed by atoms with van der Waals surface area (Å²) in [6.45, 7) is 5.36. The summed E-state index contributed by atoms with van der Waals surface area (Å²) in [6.07, 6.45) is 1.53. The van der Waals surface area contributed by atoms with Gasteiger partial charge in [0, 0.05) is 30.6 Å². The molecule has 1 fully saturated rings. The van der Waals surface area contributed by atoms with E-state index in [2.05, 4.69) is 30.6 Å². The summed E-state index contributed by atoms with van der Waals surface area (Å²) in [5.41, 5.74) is 1.04. The van der Waals surface area contributed by atoms with E-state index in [-0.39, 0.29) is 34.2 Å². The normalized spacial score (nSPS) is 21.2. The molecule has 3 unspecified atom stereocenters. The number of nitrogens with one attached hydrogen (secondary N) is 2. The van der Waals surface area contributed by atoms with E-state index in [1.807, 2.05) is 18.2 Å². The molecule has 2 N–H and O–H groups in total. The van der Waals surface area contributed by atoms with Crippen LogP contribution < -0.4 is 10.6 Å². The average Bonchev–Trinajstić information content (AvgIpc) is 3.12. The number of hydrogen-bond acceptors (Lipinski definition) is 3. The van der Waals surface area contributed by atoms with Gasteiger partial charge in [-0.25, -0.2) is 4.39 Å². The molecule has 1 aliphatic heterocycles. The molecule has 0 spiro atoms. The summed E-state index contributed by atoms with van der Waals surface area (Å²) in [4.78, 5) is 12.2. The molecule has 3 rings (SSSR count). The molecule has 0 saturated carbocycles. The van der Waals surface area contributed by atoms with Gasteiger partial charge in [0.25, 0.3) is 5.91 Å². The molecule has 0 aromatic heterocycles. The Morgan fingerprint density at radius 3 is 2.70 bits per heavy atom. The van der Waals surface area contributed by atoms with Gasteiger partial charge in [0.1, 0.15) is 5.82 Å². The third kappa shape index (κ3) is 5.19. The topological polar surface area (TPSA) is 64.9 Å². The summed E-state index contributed by atoms with van der Waals surface area (Å²) in [5, 5.41) is 16.3. The van der Waals surface area contributed by atoms with Gasteiger partial charge in [0.05, 0.1) is 17.0 Å². The summed E-state index contributed by atoms with van der Waals surface area (Å²) >= 11 is 5.94. The van der Waals surface area contributed by atoms with Crippen molar-refractivity contribution in [1.82, 2.24) is 10.6 Å². The van der Waals surface area contributed by atoms with Gasteiger partial charge in [-0.1, -0.05) is 55.8 Å². The van der Waals surface area contributed by atoms with E-state index >= 15 is 0 Å². The van der Waals surface area contributed by atoms with Crippen LogP contribution in [0, 0.1) is 28.5 Å². The lowest BCUT2D eigenvalue weighted by molar-refractivity contribution is 0.0947. The Labute approximate surface area is 182 Å². The molecule has 1 saturated heterocycles. The molecule has 0 aliphatic carbocycles. The van der Waals surface area contributed by atoms with Crippen LogP contribution in [0.25, 0.3) is 0 Å². The summed E-state index contributed by atoms with van der Waals surface area (Å²) in [6, 6.07) is 16.4. The van der Waals surface area contributed by atoms with Crippen molar-refractivity contribution in [3.05, 3.63) is 70.5 Å². The van der Waals surface area contributed by atoms with Crippen molar-refractivity contribution in [2.45, 2.75) is 38.6 Å². The Bertz CT molecular complexity index is 926. The van der Waals surface area contributed by atoms with Crippen molar-refractivity contribution in [3.8, 4) is 6.07 Å². The van der Waals surface area contributed by atoms with Crippen molar-refractivity contribution in [3.63, 3.8) is 0 Å². The van der Waals surface area contributed by atoms with Crippen LogP contribution in [0.5, 0.6) is 0 Å². The highest BCUT2D eigenvalue weighted by Gasteiger charge is 2.40. The van der Waals surface area contributed by atoms with Crippen LogP contribution in [0.3, 0.4) is 0 Å². The number of carbonyl (C=O) groups is 1. The number of halogens is 2. The predicted octanol–water partition coefficient (Wildman–Crippen LogP) is 4.91. The van der Waals surface area contributed by atoms with Gasteiger partial charge in [-0.3, -0.25) is 4.79 Å². The van der Waals surface area contributed by atoms with Gasteiger partial charge in [0.2, 0.25) is 0 Å². The van der Waals surface area contributed by atoms with E-state index < -0.39 is 5.82 Å². The van der Waals surface area contributed by atoms with Crippen molar-refractivity contribution >= 4 is 17.5 Å². The van der Waals surface area contributed by atoms with Gasteiger partial charge in [-0.05, 0) is 42.0 Å². The van der Waals surface area contributed by atoms with Gasteiger partial charge in [-0.15, -0.1) is 0 Å². The van der Waals surface area contributed by atoms with E-state index in [1.165, 1.54) is 6.07 Å². The molecule has 0 bridgehead atoms. The third-order valence-electron chi connectivity index (χ3n) is 5.89. The van der Waals surface area contributed by atoms with E-state index in [4.69, 9.17) is 11.6 Å². The number of hydrogen-bond donors (Lipinski definition) is 2. The SMILES string of the molecule is CC(C)(CCNC(=O)c1ccccc1)CC1NCC(c2cccc(Cl)c2F)C1C#N. The molecule has 158 valence electrons. The Morgan fingerprint density at radius 2 is 2.00 bits per heavy atom. The first-order chi connectivity index (χ1) is 14.3. The third-order valence-corrected chi connectivity index (χ3v) is 6.18. The Hall–Kier alpha value is -2.42. The fourth-order valence-electron chi connectivity index (χ4n) is 4.21. The molecule has 4 nitrogen and oxygen atoms in total. The maximum absolute atomic E-state index is 14.5. The molecule has 30 heavy (non-hydrogen) atoms. The van der Waals surface area contributed by atoms with E-state index in [0.717, 1.165) is 12.8 Å². The zero-order valence-electron chi connectivity index (χ0n) is 17.3. The van der Waals surface area contributed by atoms with Gasteiger partial charge < -0.3 is 10.6 Å². The largest absolute Gasteiger partial charge is 0.352 e. The molecule has 6 heteroatoms. The molecule has 1 heterocycles. The molecular weight excluding hydrogens is 401 g/mol. The summed E-state index contributed by atoms with van der Waals surface area (Å²) in [7, 11) is 0. The number of nitrogens with zero attached hydrogens (tertiary/aromatic N) is 1. The van der Waals surface area contributed by atoms with Gasteiger partial charge in [0.15, 0.2) is 0 Å². The fourth-order valence-corrected chi connectivity index (χ4v) is 4.39. The highest BCUT2D eigenvalue weighted by atomic mass is 35.5. The predicted molar refractivity (Wildman–Crippen MR) is 117 cm³/mol. The quantitative estimate of drug-likeness (QED) is 0.659. The standard InChI is InChI=1S/C24H27ClFN3O/c1-24(2,11-12-28-23(30)16-7-4-3-5-8-16)13-21-18(14-27)19(15-29-21)17-9-6-10-20(25)22(17)26/h3-10,18-19,21,29H,11-13,15H2,1-2H3,(H,28,30). The molecule has 2 aromatic rings. The first kappa shape index (κ1) is 22.3. The van der Waals surface area contributed by atoms with Crippen molar-refractivity contribution in [2.75, 3.05) is 13.1 Å². The van der Waals surface area contributed by atoms with Crippen LogP contribution in [0.15, 0.2) is 48.5 Å². The van der Waals surface area contributed by atoms with E-state index in [1.54, 1.807) is 24.3 Å². The number of rotatable bonds is 7. The Balaban J connectivity index is 1.58. The van der Waals surface area contributed by atoms with Crippen molar-refractivity contribution < 1.29 is 9.18 Å². The van der Waals surface area contributed by atoms with Crippen LogP contribution in [0.1, 0.15) is 48.5 Å². The van der Waals surface area contributed by atoms with E-state index in [9.17, 15) is 14.4 Å².